The maximum Gasteiger partial charge on any atom is 0.191 e. The summed E-state index contributed by atoms with van der Waals surface area (Å²) >= 11 is 0. The van der Waals surface area contributed by atoms with Crippen molar-refractivity contribution in [2.75, 3.05) is 59.7 Å². The van der Waals surface area contributed by atoms with Crippen LogP contribution in [0.25, 0.3) is 0 Å². The molecule has 1 heterocycles. The van der Waals surface area contributed by atoms with E-state index in [1.54, 1.807) is 0 Å². The summed E-state index contributed by atoms with van der Waals surface area (Å²) in [5.74, 6) is 1.52. The molecular weight excluding hydrogens is 443 g/mol. The molecule has 2 aliphatic rings. The molecule has 7 heteroatoms. The van der Waals surface area contributed by atoms with E-state index in [1.165, 1.54) is 25.7 Å². The summed E-state index contributed by atoms with van der Waals surface area (Å²) in [4.78, 5) is 7.14. The lowest BCUT2D eigenvalue weighted by Gasteiger charge is -2.24. The van der Waals surface area contributed by atoms with Crippen molar-refractivity contribution in [3.05, 3.63) is 0 Å². The minimum atomic E-state index is 0. The van der Waals surface area contributed by atoms with Crippen LogP contribution in [0, 0.1) is 5.92 Å². The Hall–Kier alpha value is -0.120. The molecule has 0 radical (unpaired) electrons. The van der Waals surface area contributed by atoms with Gasteiger partial charge in [-0.15, -0.1) is 24.0 Å². The second-order valence-corrected chi connectivity index (χ2v) is 7.26. The fourth-order valence-electron chi connectivity index (χ4n) is 3.54. The van der Waals surface area contributed by atoms with Gasteiger partial charge in [-0.05, 0) is 39.7 Å². The minimum Gasteiger partial charge on any atom is -0.381 e. The lowest BCUT2D eigenvalue weighted by atomic mass is 10.1. The molecule has 0 spiro atoms. The minimum absolute atomic E-state index is 0. The van der Waals surface area contributed by atoms with Gasteiger partial charge in [0.2, 0.25) is 0 Å². The summed E-state index contributed by atoms with van der Waals surface area (Å²) in [6.45, 7) is 9.18. The lowest BCUT2D eigenvalue weighted by molar-refractivity contribution is 0.0893. The molecule has 1 aliphatic carbocycles. The molecule has 1 aliphatic heterocycles. The molecule has 2 N–H and O–H groups in total. The first kappa shape index (κ1) is 23.9. The summed E-state index contributed by atoms with van der Waals surface area (Å²) < 4.78 is 11.1. The fraction of sp³-hybridized carbons (Fsp3) is 0.947. The van der Waals surface area contributed by atoms with Gasteiger partial charge < -0.3 is 25.0 Å². The molecule has 1 saturated heterocycles. The summed E-state index contributed by atoms with van der Waals surface area (Å²) in [7, 11) is 2.24. The smallest absolute Gasteiger partial charge is 0.191 e. The molecule has 6 nitrogen and oxygen atoms in total. The summed E-state index contributed by atoms with van der Waals surface area (Å²) in [5, 5.41) is 6.78. The monoisotopic (exact) mass is 482 g/mol. The number of ether oxygens (including phenoxy) is 2. The van der Waals surface area contributed by atoms with E-state index in [4.69, 9.17) is 9.47 Å². The Morgan fingerprint density at radius 3 is 2.73 bits per heavy atom. The van der Waals surface area contributed by atoms with E-state index in [0.717, 1.165) is 77.4 Å². The van der Waals surface area contributed by atoms with Crippen LogP contribution in [0.2, 0.25) is 0 Å². The average Bonchev–Trinajstić information content (AvgIpc) is 3.31. The van der Waals surface area contributed by atoms with Gasteiger partial charge in [0.05, 0.1) is 13.2 Å². The average molecular weight is 482 g/mol. The van der Waals surface area contributed by atoms with Gasteiger partial charge in [-0.25, -0.2) is 0 Å². The van der Waals surface area contributed by atoms with E-state index in [9.17, 15) is 0 Å². The molecule has 0 aromatic carbocycles. The van der Waals surface area contributed by atoms with Crippen LogP contribution in [0.3, 0.4) is 0 Å². The van der Waals surface area contributed by atoms with Crippen LogP contribution in [0.4, 0.5) is 0 Å². The molecule has 26 heavy (non-hydrogen) atoms. The first-order valence-electron chi connectivity index (χ1n) is 10.2. The highest BCUT2D eigenvalue weighted by atomic mass is 127. The van der Waals surface area contributed by atoms with Crippen LogP contribution in [0.1, 0.15) is 45.4 Å². The molecule has 1 unspecified atom stereocenters. The molecule has 1 atom stereocenters. The van der Waals surface area contributed by atoms with E-state index in [2.05, 4.69) is 34.5 Å². The van der Waals surface area contributed by atoms with Gasteiger partial charge in [-0.1, -0.05) is 12.8 Å². The zero-order valence-corrected chi connectivity index (χ0v) is 19.0. The fourth-order valence-corrected chi connectivity index (χ4v) is 3.54. The van der Waals surface area contributed by atoms with Crippen molar-refractivity contribution in [2.45, 2.75) is 51.5 Å². The van der Waals surface area contributed by atoms with Gasteiger partial charge in [-0.2, -0.15) is 0 Å². The van der Waals surface area contributed by atoms with Crippen LogP contribution in [-0.2, 0) is 9.47 Å². The van der Waals surface area contributed by atoms with E-state index >= 15 is 0 Å². The summed E-state index contributed by atoms with van der Waals surface area (Å²) in [6, 6.07) is 0.781. The maximum absolute atomic E-state index is 5.73. The molecule has 154 valence electrons. The van der Waals surface area contributed by atoms with Crippen molar-refractivity contribution in [1.82, 2.24) is 15.5 Å². The number of halogens is 1. The standard InChI is InChI=1S/C19H38N4O2.HI/c1-3-20-19(22-11-12-23(2)18-7-4-5-8-18)21-10-6-13-24-15-17-9-14-25-16-17;/h17-18H,3-16H2,1-2H3,(H2,20,21,22);1H. The highest BCUT2D eigenvalue weighted by Crippen LogP contribution is 2.21. The molecule has 0 aromatic heterocycles. The van der Waals surface area contributed by atoms with E-state index in [1.807, 2.05) is 0 Å². The number of guanidine groups is 1. The molecular formula is C19H39IN4O2. The van der Waals surface area contributed by atoms with Crippen molar-refractivity contribution in [1.29, 1.82) is 0 Å². The number of likely N-dealkylation sites (N-methyl/N-ethyl adjacent to an activating group) is 1. The number of rotatable bonds is 11. The second kappa shape index (κ2) is 14.9. The Morgan fingerprint density at radius 2 is 2.04 bits per heavy atom. The molecule has 0 bridgehead atoms. The van der Waals surface area contributed by atoms with E-state index in [-0.39, 0.29) is 24.0 Å². The third-order valence-corrected chi connectivity index (χ3v) is 5.14. The van der Waals surface area contributed by atoms with E-state index < -0.39 is 0 Å². The molecule has 2 fully saturated rings. The van der Waals surface area contributed by atoms with Crippen LogP contribution in [0.15, 0.2) is 4.99 Å². The highest BCUT2D eigenvalue weighted by Gasteiger charge is 2.18. The molecule has 0 aromatic rings. The quantitative estimate of drug-likeness (QED) is 0.205. The third kappa shape index (κ3) is 9.71. The van der Waals surface area contributed by atoms with Crippen molar-refractivity contribution in [2.24, 2.45) is 10.9 Å². The molecule has 0 amide bonds. The Bertz CT molecular complexity index is 373. The van der Waals surface area contributed by atoms with Crippen molar-refractivity contribution >= 4 is 29.9 Å². The van der Waals surface area contributed by atoms with Gasteiger partial charge in [0.25, 0.3) is 0 Å². The Kier molecular flexibility index (Phi) is 13.7. The largest absolute Gasteiger partial charge is 0.381 e. The maximum atomic E-state index is 5.73. The van der Waals surface area contributed by atoms with Crippen LogP contribution in [-0.4, -0.2) is 76.6 Å². The second-order valence-electron chi connectivity index (χ2n) is 7.26. The Labute approximate surface area is 176 Å². The number of hydrogen-bond donors (Lipinski definition) is 2. The van der Waals surface area contributed by atoms with Crippen LogP contribution in [0.5, 0.6) is 0 Å². The molecule has 2 rings (SSSR count). The summed E-state index contributed by atoms with van der Waals surface area (Å²) in [5.41, 5.74) is 0. The van der Waals surface area contributed by atoms with Crippen LogP contribution >= 0.6 is 24.0 Å². The third-order valence-electron chi connectivity index (χ3n) is 5.14. The topological polar surface area (TPSA) is 58.1 Å². The predicted octanol–water partition coefficient (Wildman–Crippen LogP) is 2.48. The van der Waals surface area contributed by atoms with Gasteiger partial charge in [-0.3, -0.25) is 4.99 Å². The van der Waals surface area contributed by atoms with Gasteiger partial charge >= 0.3 is 0 Å². The predicted molar refractivity (Wildman–Crippen MR) is 119 cm³/mol. The number of nitrogens with one attached hydrogen (secondary N) is 2. The number of hydrogen-bond acceptors (Lipinski definition) is 4. The van der Waals surface area contributed by atoms with Crippen molar-refractivity contribution < 1.29 is 9.47 Å². The summed E-state index contributed by atoms with van der Waals surface area (Å²) in [6.07, 6.45) is 7.61. The molecule has 1 saturated carbocycles. The number of nitrogens with zero attached hydrogens (tertiary/aromatic N) is 2. The highest BCUT2D eigenvalue weighted by molar-refractivity contribution is 14.0. The zero-order chi connectivity index (χ0) is 17.7. The van der Waals surface area contributed by atoms with Gasteiger partial charge in [0, 0.05) is 51.4 Å². The van der Waals surface area contributed by atoms with E-state index in [0.29, 0.717) is 5.92 Å². The first-order chi connectivity index (χ1) is 12.3. The van der Waals surface area contributed by atoms with Crippen molar-refractivity contribution in [3.63, 3.8) is 0 Å². The Balaban J connectivity index is 0.00000338. The normalized spacial score (nSPS) is 21.2. The van der Waals surface area contributed by atoms with Crippen LogP contribution < -0.4 is 10.6 Å². The Morgan fingerprint density at radius 1 is 1.23 bits per heavy atom. The SMILES string of the molecule is CCNC(=NCCCOCC1CCOC1)NCCN(C)C1CCCC1.I. The first-order valence-corrected chi connectivity index (χ1v) is 10.2. The van der Waals surface area contributed by atoms with Gasteiger partial charge in [0.15, 0.2) is 5.96 Å². The van der Waals surface area contributed by atoms with Crippen molar-refractivity contribution in [3.8, 4) is 0 Å². The zero-order valence-electron chi connectivity index (χ0n) is 16.7. The van der Waals surface area contributed by atoms with Gasteiger partial charge in [0.1, 0.15) is 0 Å². The lowest BCUT2D eigenvalue weighted by Crippen LogP contribution is -2.42. The number of aliphatic imine (C=N–C) groups is 1.